The lowest BCUT2D eigenvalue weighted by Gasteiger charge is -2.05. The largest absolute Gasteiger partial charge is 0.306 e. The van der Waals surface area contributed by atoms with Crippen molar-refractivity contribution in [2.24, 2.45) is 0 Å². The molecule has 0 aromatic carbocycles. The minimum absolute atomic E-state index is 0.100. The van der Waals surface area contributed by atoms with Crippen LogP contribution in [0.5, 0.6) is 0 Å². The van der Waals surface area contributed by atoms with Crippen LogP contribution in [0.3, 0.4) is 0 Å². The Labute approximate surface area is 107 Å². The summed E-state index contributed by atoms with van der Waals surface area (Å²) < 4.78 is 3.12. The third-order valence-electron chi connectivity index (χ3n) is 2.64. The zero-order valence-electron chi connectivity index (χ0n) is 9.32. The number of rotatable bonds is 2. The Morgan fingerprint density at radius 3 is 2.94 bits per heavy atom. The Morgan fingerprint density at radius 1 is 1.22 bits per heavy atom. The molecule has 0 radical (unpaired) electrons. The van der Waals surface area contributed by atoms with Crippen molar-refractivity contribution < 1.29 is 0 Å². The van der Waals surface area contributed by atoms with E-state index in [0.29, 0.717) is 17.2 Å². The molecule has 0 aliphatic carbocycles. The van der Waals surface area contributed by atoms with Crippen molar-refractivity contribution in [3.63, 3.8) is 0 Å². The van der Waals surface area contributed by atoms with Gasteiger partial charge in [-0.1, -0.05) is 17.7 Å². The van der Waals surface area contributed by atoms with E-state index in [1.807, 2.05) is 12.1 Å². The summed E-state index contributed by atoms with van der Waals surface area (Å²) in [5.41, 5.74) is 1.18. The van der Waals surface area contributed by atoms with E-state index in [-0.39, 0.29) is 5.56 Å². The van der Waals surface area contributed by atoms with Gasteiger partial charge in [-0.25, -0.2) is 9.50 Å². The Kier molecular flexibility index (Phi) is 2.60. The number of hydrogen-bond donors (Lipinski definition) is 0. The van der Waals surface area contributed by atoms with Crippen LogP contribution in [0.2, 0.25) is 5.15 Å². The van der Waals surface area contributed by atoms with Crippen molar-refractivity contribution in [1.82, 2.24) is 19.2 Å². The first-order chi connectivity index (χ1) is 8.74. The molecule has 3 aromatic rings. The molecule has 0 aliphatic rings. The summed E-state index contributed by atoms with van der Waals surface area (Å²) in [5, 5.41) is 4.43. The van der Waals surface area contributed by atoms with Gasteiger partial charge in [0.05, 0.1) is 18.4 Å². The van der Waals surface area contributed by atoms with E-state index in [2.05, 4.69) is 10.1 Å². The highest BCUT2D eigenvalue weighted by Crippen LogP contribution is 2.06. The smallest absolute Gasteiger partial charge is 0.276 e. The normalized spacial score (nSPS) is 10.9. The number of nitrogens with zero attached hydrogens (tertiary/aromatic N) is 4. The average molecular weight is 261 g/mol. The fourth-order valence-electron chi connectivity index (χ4n) is 1.80. The molecular formula is C12H9ClN4O. The predicted octanol–water partition coefficient (Wildman–Crippen LogP) is 1.59. The van der Waals surface area contributed by atoms with Gasteiger partial charge in [-0.2, -0.15) is 5.10 Å². The molecule has 5 nitrogen and oxygen atoms in total. The SMILES string of the molecule is O=c1c2ccnn2ccn1Cc1cccc(Cl)n1. The molecule has 0 amide bonds. The summed E-state index contributed by atoms with van der Waals surface area (Å²) in [7, 11) is 0. The van der Waals surface area contributed by atoms with Gasteiger partial charge in [0.15, 0.2) is 0 Å². The van der Waals surface area contributed by atoms with Crippen molar-refractivity contribution in [3.8, 4) is 0 Å². The highest BCUT2D eigenvalue weighted by atomic mass is 35.5. The second-order valence-electron chi connectivity index (χ2n) is 3.84. The van der Waals surface area contributed by atoms with Crippen LogP contribution in [0.1, 0.15) is 5.69 Å². The number of aromatic nitrogens is 4. The molecule has 0 bridgehead atoms. The molecule has 3 rings (SSSR count). The quantitative estimate of drug-likeness (QED) is 0.658. The molecule has 0 saturated heterocycles. The molecule has 6 heteroatoms. The van der Waals surface area contributed by atoms with Gasteiger partial charge in [-0.3, -0.25) is 4.79 Å². The maximum atomic E-state index is 12.1. The molecule has 0 atom stereocenters. The Balaban J connectivity index is 2.05. The lowest BCUT2D eigenvalue weighted by molar-refractivity contribution is 0.726. The monoisotopic (exact) mass is 260 g/mol. The molecule has 3 aromatic heterocycles. The van der Waals surface area contributed by atoms with Gasteiger partial charge in [0.2, 0.25) is 0 Å². The third kappa shape index (κ3) is 1.89. The van der Waals surface area contributed by atoms with E-state index in [0.717, 1.165) is 5.69 Å². The zero-order chi connectivity index (χ0) is 12.5. The second-order valence-corrected chi connectivity index (χ2v) is 4.23. The Morgan fingerprint density at radius 2 is 2.11 bits per heavy atom. The molecule has 0 unspecified atom stereocenters. The van der Waals surface area contributed by atoms with E-state index in [1.54, 1.807) is 39.8 Å². The Hall–Kier alpha value is -2.14. The minimum Gasteiger partial charge on any atom is -0.306 e. The number of fused-ring (bicyclic) bond motifs is 1. The number of halogens is 1. The van der Waals surface area contributed by atoms with Crippen molar-refractivity contribution in [1.29, 1.82) is 0 Å². The van der Waals surface area contributed by atoms with E-state index in [4.69, 9.17) is 11.6 Å². The van der Waals surface area contributed by atoms with E-state index in [1.165, 1.54) is 0 Å². The summed E-state index contributed by atoms with van der Waals surface area (Å²) in [6.45, 7) is 0.390. The van der Waals surface area contributed by atoms with Gasteiger partial charge in [-0.05, 0) is 18.2 Å². The summed E-state index contributed by atoms with van der Waals surface area (Å²) in [5.74, 6) is 0. The lowest BCUT2D eigenvalue weighted by atomic mass is 10.3. The van der Waals surface area contributed by atoms with Crippen molar-refractivity contribution in [3.05, 3.63) is 64.1 Å². The first-order valence-corrected chi connectivity index (χ1v) is 5.76. The molecule has 0 saturated carbocycles. The van der Waals surface area contributed by atoms with Crippen LogP contribution in [0.15, 0.2) is 47.7 Å². The Bertz CT molecular complexity index is 762. The zero-order valence-corrected chi connectivity index (χ0v) is 10.1. The third-order valence-corrected chi connectivity index (χ3v) is 2.85. The van der Waals surface area contributed by atoms with E-state index >= 15 is 0 Å². The van der Waals surface area contributed by atoms with Gasteiger partial charge in [0.25, 0.3) is 5.56 Å². The van der Waals surface area contributed by atoms with Crippen LogP contribution < -0.4 is 5.56 Å². The summed E-state index contributed by atoms with van der Waals surface area (Å²) in [6.07, 6.45) is 5.02. The maximum Gasteiger partial charge on any atom is 0.276 e. The van der Waals surface area contributed by atoms with E-state index in [9.17, 15) is 4.79 Å². The standard InChI is InChI=1S/C12H9ClN4O/c13-11-3-1-2-9(15-11)8-16-6-7-17-10(12(16)18)4-5-14-17/h1-7H,8H2. The maximum absolute atomic E-state index is 12.1. The van der Waals surface area contributed by atoms with Crippen LogP contribution in [0.4, 0.5) is 0 Å². The molecule has 0 N–H and O–H groups in total. The number of pyridine rings is 1. The van der Waals surface area contributed by atoms with E-state index < -0.39 is 0 Å². The topological polar surface area (TPSA) is 52.2 Å². The lowest BCUT2D eigenvalue weighted by Crippen LogP contribution is -2.22. The van der Waals surface area contributed by atoms with Crippen LogP contribution in [-0.4, -0.2) is 19.2 Å². The molecular weight excluding hydrogens is 252 g/mol. The highest BCUT2D eigenvalue weighted by molar-refractivity contribution is 6.29. The fourth-order valence-corrected chi connectivity index (χ4v) is 1.98. The first kappa shape index (κ1) is 11.0. The van der Waals surface area contributed by atoms with Crippen molar-refractivity contribution in [2.75, 3.05) is 0 Å². The highest BCUT2D eigenvalue weighted by Gasteiger charge is 2.04. The van der Waals surface area contributed by atoms with Gasteiger partial charge in [0, 0.05) is 12.4 Å². The molecule has 3 heterocycles. The predicted molar refractivity (Wildman–Crippen MR) is 67.8 cm³/mol. The summed E-state index contributed by atoms with van der Waals surface area (Å²) in [6, 6.07) is 7.03. The van der Waals surface area contributed by atoms with Gasteiger partial charge >= 0.3 is 0 Å². The summed E-state index contributed by atoms with van der Waals surface area (Å²) >= 11 is 5.82. The van der Waals surface area contributed by atoms with Crippen LogP contribution >= 0.6 is 11.6 Å². The summed E-state index contributed by atoms with van der Waals surface area (Å²) in [4.78, 5) is 16.3. The fraction of sp³-hybridized carbons (Fsp3) is 0.0833. The molecule has 0 aliphatic heterocycles. The molecule has 0 fully saturated rings. The second kappa shape index (κ2) is 4.27. The minimum atomic E-state index is -0.100. The van der Waals surface area contributed by atoms with Crippen LogP contribution in [-0.2, 0) is 6.54 Å². The number of hydrogen-bond acceptors (Lipinski definition) is 3. The molecule has 0 spiro atoms. The van der Waals surface area contributed by atoms with Gasteiger partial charge in [-0.15, -0.1) is 0 Å². The van der Waals surface area contributed by atoms with Gasteiger partial charge in [0.1, 0.15) is 10.7 Å². The van der Waals surface area contributed by atoms with Crippen LogP contribution in [0.25, 0.3) is 5.52 Å². The van der Waals surface area contributed by atoms with Crippen molar-refractivity contribution >= 4 is 17.1 Å². The first-order valence-electron chi connectivity index (χ1n) is 5.38. The molecule has 90 valence electrons. The average Bonchev–Trinajstić information content (AvgIpc) is 2.82. The molecule has 18 heavy (non-hydrogen) atoms. The van der Waals surface area contributed by atoms with Gasteiger partial charge < -0.3 is 4.57 Å². The van der Waals surface area contributed by atoms with Crippen LogP contribution in [0, 0.1) is 0 Å². The van der Waals surface area contributed by atoms with Crippen molar-refractivity contribution in [2.45, 2.75) is 6.54 Å².